The van der Waals surface area contributed by atoms with Crippen LogP contribution in [0.4, 0.5) is 5.82 Å². The van der Waals surface area contributed by atoms with E-state index in [1.165, 1.54) is 0 Å². The summed E-state index contributed by atoms with van der Waals surface area (Å²) in [4.78, 5) is 0. The Bertz CT molecular complexity index is 702. The van der Waals surface area contributed by atoms with E-state index in [1.54, 1.807) is 15.9 Å². The highest BCUT2D eigenvalue weighted by Gasteiger charge is 2.12. The molecule has 1 unspecified atom stereocenters. The van der Waals surface area contributed by atoms with Crippen LogP contribution >= 0.6 is 11.3 Å². The number of hydrogen-bond donors (Lipinski definition) is 1. The zero-order valence-corrected chi connectivity index (χ0v) is 12.6. The Kier molecular flexibility index (Phi) is 3.40. The third-order valence-corrected chi connectivity index (χ3v) is 4.10. The largest absolute Gasteiger partial charge is 0.366 e. The maximum atomic E-state index is 4.60. The van der Waals surface area contributed by atoms with Crippen molar-refractivity contribution in [1.29, 1.82) is 0 Å². The number of nitrogens with one attached hydrogen (secondary N) is 1. The molecule has 3 heterocycles. The lowest BCUT2D eigenvalue weighted by Crippen LogP contribution is -2.22. The molecule has 0 amide bonds. The van der Waals surface area contributed by atoms with Crippen molar-refractivity contribution < 1.29 is 0 Å². The molecule has 3 aromatic rings. The Morgan fingerprint density at radius 3 is 2.70 bits per heavy atom. The second kappa shape index (κ2) is 5.20. The molecule has 0 radical (unpaired) electrons. The van der Waals surface area contributed by atoms with E-state index < -0.39 is 0 Å². The summed E-state index contributed by atoms with van der Waals surface area (Å²) in [5, 5.41) is 20.5. The van der Waals surface area contributed by atoms with E-state index in [1.807, 2.05) is 23.6 Å². The number of hydrogen-bond acceptors (Lipinski definition) is 5. The molecule has 0 bridgehead atoms. The van der Waals surface area contributed by atoms with Crippen LogP contribution in [0.3, 0.4) is 0 Å². The number of aromatic nitrogens is 4. The van der Waals surface area contributed by atoms with Crippen molar-refractivity contribution in [2.24, 2.45) is 5.92 Å². The number of nitrogens with zero attached hydrogens (tertiary/aromatic N) is 4. The fraction of sp³-hybridized carbons (Fsp3) is 0.357. The van der Waals surface area contributed by atoms with Crippen LogP contribution in [0.25, 0.3) is 17.0 Å². The van der Waals surface area contributed by atoms with Crippen LogP contribution < -0.4 is 5.32 Å². The number of thiophene rings is 1. The summed E-state index contributed by atoms with van der Waals surface area (Å²) >= 11 is 1.64. The van der Waals surface area contributed by atoms with Crippen LogP contribution in [0.15, 0.2) is 29.0 Å². The molecule has 0 aliphatic carbocycles. The fourth-order valence-electron chi connectivity index (χ4n) is 1.84. The van der Waals surface area contributed by atoms with Crippen LogP contribution in [0.2, 0.25) is 0 Å². The minimum Gasteiger partial charge on any atom is -0.366 e. The van der Waals surface area contributed by atoms with Gasteiger partial charge in [-0.15, -0.1) is 15.3 Å². The summed E-state index contributed by atoms with van der Waals surface area (Å²) in [7, 11) is 0. The van der Waals surface area contributed by atoms with Gasteiger partial charge in [-0.05, 0) is 36.4 Å². The molecule has 5 nitrogen and oxygen atoms in total. The lowest BCUT2D eigenvalue weighted by Gasteiger charge is -2.17. The number of anilines is 1. The minimum atomic E-state index is 0.362. The van der Waals surface area contributed by atoms with Crippen molar-refractivity contribution in [3.63, 3.8) is 0 Å². The van der Waals surface area contributed by atoms with Gasteiger partial charge in [-0.25, -0.2) is 0 Å². The molecule has 0 saturated carbocycles. The van der Waals surface area contributed by atoms with Gasteiger partial charge in [0.2, 0.25) is 0 Å². The van der Waals surface area contributed by atoms with Crippen molar-refractivity contribution in [3.05, 3.63) is 29.0 Å². The molecule has 6 heteroatoms. The zero-order chi connectivity index (χ0) is 14.1. The number of rotatable bonds is 4. The van der Waals surface area contributed by atoms with Gasteiger partial charge >= 0.3 is 0 Å². The van der Waals surface area contributed by atoms with E-state index >= 15 is 0 Å². The second-order valence-electron chi connectivity index (χ2n) is 5.20. The van der Waals surface area contributed by atoms with E-state index in [4.69, 9.17) is 0 Å². The topological polar surface area (TPSA) is 55.1 Å². The minimum absolute atomic E-state index is 0.362. The van der Waals surface area contributed by atoms with Crippen LogP contribution in [0.5, 0.6) is 0 Å². The Balaban J connectivity index is 1.99. The molecule has 1 N–H and O–H groups in total. The highest BCUT2D eigenvalue weighted by Crippen LogP contribution is 2.21. The van der Waals surface area contributed by atoms with Crippen LogP contribution in [-0.2, 0) is 0 Å². The van der Waals surface area contributed by atoms with E-state index in [9.17, 15) is 0 Å². The third kappa shape index (κ3) is 2.38. The summed E-state index contributed by atoms with van der Waals surface area (Å²) in [6.45, 7) is 6.53. The van der Waals surface area contributed by atoms with Gasteiger partial charge < -0.3 is 5.32 Å². The first-order valence-electron chi connectivity index (χ1n) is 6.66. The SMILES string of the molecule is CC(C)C(C)Nc1ccc2nnc(-c3ccsc3)n2n1. The average Bonchev–Trinajstić information content (AvgIpc) is 3.06. The lowest BCUT2D eigenvalue weighted by molar-refractivity contribution is 0.557. The predicted octanol–water partition coefficient (Wildman–Crippen LogP) is 3.31. The quantitative estimate of drug-likeness (QED) is 0.800. The summed E-state index contributed by atoms with van der Waals surface area (Å²) in [6, 6.07) is 6.27. The zero-order valence-electron chi connectivity index (χ0n) is 11.7. The first-order valence-corrected chi connectivity index (χ1v) is 7.61. The van der Waals surface area contributed by atoms with E-state index in [2.05, 4.69) is 46.8 Å². The summed E-state index contributed by atoms with van der Waals surface area (Å²) in [6.07, 6.45) is 0. The monoisotopic (exact) mass is 287 g/mol. The Morgan fingerprint density at radius 2 is 2.00 bits per heavy atom. The molecule has 3 rings (SSSR count). The fourth-order valence-corrected chi connectivity index (χ4v) is 2.47. The van der Waals surface area contributed by atoms with Crippen molar-refractivity contribution in [3.8, 4) is 11.4 Å². The molecule has 0 spiro atoms. The molecule has 0 saturated heterocycles. The highest BCUT2D eigenvalue weighted by molar-refractivity contribution is 7.08. The Hall–Kier alpha value is -1.95. The van der Waals surface area contributed by atoms with Crippen LogP contribution in [0, 0.1) is 5.92 Å². The van der Waals surface area contributed by atoms with Gasteiger partial charge in [-0.2, -0.15) is 15.9 Å². The van der Waals surface area contributed by atoms with Gasteiger partial charge in [0.05, 0.1) is 0 Å². The molecule has 0 aliphatic heterocycles. The molecule has 104 valence electrons. The highest BCUT2D eigenvalue weighted by atomic mass is 32.1. The first kappa shape index (κ1) is 13.1. The van der Waals surface area contributed by atoms with E-state index in [0.717, 1.165) is 22.9 Å². The third-order valence-electron chi connectivity index (χ3n) is 3.42. The van der Waals surface area contributed by atoms with Gasteiger partial charge in [0.25, 0.3) is 0 Å². The van der Waals surface area contributed by atoms with Crippen molar-refractivity contribution in [2.45, 2.75) is 26.8 Å². The molecule has 0 aromatic carbocycles. The molecular formula is C14H17N5S. The maximum absolute atomic E-state index is 4.60. The van der Waals surface area contributed by atoms with Gasteiger partial charge in [0.15, 0.2) is 11.5 Å². The predicted molar refractivity (Wildman–Crippen MR) is 82.0 cm³/mol. The van der Waals surface area contributed by atoms with Gasteiger partial charge in [-0.3, -0.25) is 0 Å². The van der Waals surface area contributed by atoms with Crippen molar-refractivity contribution in [1.82, 2.24) is 19.8 Å². The molecule has 1 atom stereocenters. The van der Waals surface area contributed by atoms with E-state index in [-0.39, 0.29) is 0 Å². The summed E-state index contributed by atoms with van der Waals surface area (Å²) < 4.78 is 1.79. The van der Waals surface area contributed by atoms with Crippen molar-refractivity contribution in [2.75, 3.05) is 5.32 Å². The second-order valence-corrected chi connectivity index (χ2v) is 5.98. The molecule has 0 aliphatic rings. The van der Waals surface area contributed by atoms with Gasteiger partial charge in [-0.1, -0.05) is 13.8 Å². The maximum Gasteiger partial charge on any atom is 0.186 e. The van der Waals surface area contributed by atoms with Crippen LogP contribution in [-0.4, -0.2) is 25.9 Å². The normalized spacial score (nSPS) is 13.0. The first-order chi connectivity index (χ1) is 9.65. The van der Waals surface area contributed by atoms with Gasteiger partial charge in [0.1, 0.15) is 5.82 Å². The van der Waals surface area contributed by atoms with Crippen LogP contribution in [0.1, 0.15) is 20.8 Å². The molecule has 20 heavy (non-hydrogen) atoms. The molecule has 0 fully saturated rings. The summed E-state index contributed by atoms with van der Waals surface area (Å²) in [5.74, 6) is 2.17. The standard InChI is InChI=1S/C14H17N5S/c1-9(2)10(3)15-12-4-5-13-16-17-14(19(13)18-12)11-6-7-20-8-11/h4-10H,1-3H3,(H,15,18). The number of fused-ring (bicyclic) bond motifs is 1. The van der Waals surface area contributed by atoms with E-state index in [0.29, 0.717) is 12.0 Å². The van der Waals surface area contributed by atoms with Crippen molar-refractivity contribution >= 4 is 22.8 Å². The Labute approximate surface area is 121 Å². The summed E-state index contributed by atoms with van der Waals surface area (Å²) in [5.41, 5.74) is 1.80. The molecule has 3 aromatic heterocycles. The van der Waals surface area contributed by atoms with Gasteiger partial charge in [0, 0.05) is 17.0 Å². The molecular weight excluding hydrogens is 270 g/mol. The average molecular weight is 287 g/mol. The lowest BCUT2D eigenvalue weighted by atomic mass is 10.1. The Morgan fingerprint density at radius 1 is 1.15 bits per heavy atom. The smallest absolute Gasteiger partial charge is 0.186 e.